The molecule has 25 heavy (non-hydrogen) atoms. The van der Waals surface area contributed by atoms with E-state index in [9.17, 15) is 4.79 Å². The smallest absolute Gasteiger partial charge is 0.263 e. The summed E-state index contributed by atoms with van der Waals surface area (Å²) >= 11 is 4.95. The lowest BCUT2D eigenvalue weighted by Gasteiger charge is -2.07. The first-order valence-corrected chi connectivity index (χ1v) is 9.57. The lowest BCUT2D eigenvalue weighted by atomic mass is 10.1. The Kier molecular flexibility index (Phi) is 4.27. The molecule has 0 N–H and O–H groups in total. The van der Waals surface area contributed by atoms with Crippen LogP contribution in [0.15, 0.2) is 69.5 Å². The van der Waals surface area contributed by atoms with Crippen molar-refractivity contribution in [1.29, 1.82) is 0 Å². The van der Waals surface area contributed by atoms with E-state index in [1.807, 2.05) is 29.6 Å². The number of aromatic nitrogens is 2. The minimum Gasteiger partial charge on any atom is -0.294 e. The first-order valence-electron chi connectivity index (χ1n) is 7.90. The molecule has 0 radical (unpaired) electrons. The summed E-state index contributed by atoms with van der Waals surface area (Å²) in [6.45, 7) is 2.57. The SMILES string of the molecule is Cc1ccc(-c2csc3ncn(Cc4ccc(Br)cc4)c(=O)c23)cc1. The summed E-state index contributed by atoms with van der Waals surface area (Å²) in [5.41, 5.74) is 4.29. The second kappa shape index (κ2) is 6.58. The molecular weight excluding hydrogens is 396 g/mol. The molecule has 0 aliphatic rings. The Hall–Kier alpha value is -2.24. The van der Waals surface area contributed by atoms with Crippen LogP contribution in [0.3, 0.4) is 0 Å². The van der Waals surface area contributed by atoms with Gasteiger partial charge < -0.3 is 0 Å². The third-order valence-electron chi connectivity index (χ3n) is 4.19. The van der Waals surface area contributed by atoms with Crippen molar-refractivity contribution in [3.05, 3.63) is 86.2 Å². The molecule has 0 fully saturated rings. The number of aryl methyl sites for hydroxylation is 1. The lowest BCUT2D eigenvalue weighted by molar-refractivity contribution is 0.749. The largest absolute Gasteiger partial charge is 0.294 e. The van der Waals surface area contributed by atoms with Crippen LogP contribution in [0.1, 0.15) is 11.1 Å². The Labute approximate surface area is 157 Å². The van der Waals surface area contributed by atoms with Gasteiger partial charge in [0, 0.05) is 15.4 Å². The Morgan fingerprint density at radius 2 is 1.80 bits per heavy atom. The molecule has 3 nitrogen and oxygen atoms in total. The third-order valence-corrected chi connectivity index (χ3v) is 5.60. The van der Waals surface area contributed by atoms with Gasteiger partial charge in [0.25, 0.3) is 5.56 Å². The van der Waals surface area contributed by atoms with Crippen LogP contribution in [-0.2, 0) is 6.54 Å². The van der Waals surface area contributed by atoms with Crippen molar-refractivity contribution >= 4 is 37.5 Å². The number of hydrogen-bond acceptors (Lipinski definition) is 3. The van der Waals surface area contributed by atoms with E-state index in [4.69, 9.17) is 0 Å². The Morgan fingerprint density at radius 1 is 1.08 bits per heavy atom. The highest BCUT2D eigenvalue weighted by Gasteiger charge is 2.13. The normalized spacial score (nSPS) is 11.1. The predicted molar refractivity (Wildman–Crippen MR) is 107 cm³/mol. The second-order valence-corrected chi connectivity index (χ2v) is 7.77. The van der Waals surface area contributed by atoms with E-state index in [0.717, 1.165) is 26.0 Å². The number of thiophene rings is 1. The summed E-state index contributed by atoms with van der Waals surface area (Å²) < 4.78 is 2.70. The molecule has 0 aliphatic heterocycles. The van der Waals surface area contributed by atoms with Crippen molar-refractivity contribution in [3.8, 4) is 11.1 Å². The van der Waals surface area contributed by atoms with Gasteiger partial charge in [-0.3, -0.25) is 9.36 Å². The standard InChI is InChI=1S/C20H15BrN2OS/c1-13-2-6-15(7-3-13)17-11-25-19-18(17)20(24)23(12-22-19)10-14-4-8-16(21)9-5-14/h2-9,11-12H,10H2,1H3. The molecule has 5 heteroatoms. The van der Waals surface area contributed by atoms with Gasteiger partial charge in [0.15, 0.2) is 0 Å². The molecule has 2 heterocycles. The Balaban J connectivity index is 1.81. The van der Waals surface area contributed by atoms with Gasteiger partial charge in [-0.2, -0.15) is 0 Å². The zero-order chi connectivity index (χ0) is 17.4. The van der Waals surface area contributed by atoms with Crippen molar-refractivity contribution in [3.63, 3.8) is 0 Å². The van der Waals surface area contributed by atoms with Gasteiger partial charge >= 0.3 is 0 Å². The van der Waals surface area contributed by atoms with E-state index >= 15 is 0 Å². The van der Waals surface area contributed by atoms with Crippen LogP contribution in [0.5, 0.6) is 0 Å². The highest BCUT2D eigenvalue weighted by atomic mass is 79.9. The van der Waals surface area contributed by atoms with Crippen LogP contribution in [0.4, 0.5) is 0 Å². The van der Waals surface area contributed by atoms with E-state index in [1.54, 1.807) is 10.9 Å². The zero-order valence-electron chi connectivity index (χ0n) is 13.6. The van der Waals surface area contributed by atoms with Crippen LogP contribution < -0.4 is 5.56 Å². The van der Waals surface area contributed by atoms with E-state index in [-0.39, 0.29) is 5.56 Å². The second-order valence-electron chi connectivity index (χ2n) is 6.00. The van der Waals surface area contributed by atoms with Gasteiger partial charge in [-0.25, -0.2) is 4.98 Å². The maximum absolute atomic E-state index is 13.0. The average Bonchev–Trinajstić information content (AvgIpc) is 3.05. The van der Waals surface area contributed by atoms with Crippen molar-refractivity contribution < 1.29 is 0 Å². The van der Waals surface area contributed by atoms with Gasteiger partial charge in [0.1, 0.15) is 4.83 Å². The molecule has 2 aromatic heterocycles. The average molecular weight is 411 g/mol. The van der Waals surface area contributed by atoms with Crippen molar-refractivity contribution in [2.75, 3.05) is 0 Å². The highest BCUT2D eigenvalue weighted by Crippen LogP contribution is 2.30. The Bertz CT molecular complexity index is 1100. The number of halogens is 1. The molecule has 0 unspecified atom stereocenters. The van der Waals surface area contributed by atoms with Crippen LogP contribution in [0.2, 0.25) is 0 Å². The van der Waals surface area contributed by atoms with E-state index < -0.39 is 0 Å². The number of rotatable bonds is 3. The first kappa shape index (κ1) is 16.2. The van der Waals surface area contributed by atoms with Crippen LogP contribution >= 0.6 is 27.3 Å². The summed E-state index contributed by atoms with van der Waals surface area (Å²) in [5, 5.41) is 2.72. The molecular formula is C20H15BrN2OS. The summed E-state index contributed by atoms with van der Waals surface area (Å²) in [6.07, 6.45) is 1.64. The number of fused-ring (bicyclic) bond motifs is 1. The summed E-state index contributed by atoms with van der Waals surface area (Å²) in [6, 6.07) is 16.2. The van der Waals surface area contributed by atoms with E-state index in [1.165, 1.54) is 16.9 Å². The van der Waals surface area contributed by atoms with Crippen molar-refractivity contribution in [2.24, 2.45) is 0 Å². The molecule has 0 bridgehead atoms. The number of nitrogens with zero attached hydrogens (tertiary/aromatic N) is 2. The molecule has 0 spiro atoms. The number of benzene rings is 2. The van der Waals surface area contributed by atoms with E-state index in [0.29, 0.717) is 11.9 Å². The summed E-state index contributed by atoms with van der Waals surface area (Å²) in [7, 11) is 0. The van der Waals surface area contributed by atoms with Crippen LogP contribution in [0.25, 0.3) is 21.3 Å². The maximum Gasteiger partial charge on any atom is 0.263 e. The molecule has 0 atom stereocenters. The minimum absolute atomic E-state index is 0.00439. The molecule has 4 rings (SSSR count). The fourth-order valence-corrected chi connectivity index (χ4v) is 3.98. The van der Waals surface area contributed by atoms with Crippen molar-refractivity contribution in [2.45, 2.75) is 13.5 Å². The van der Waals surface area contributed by atoms with Crippen LogP contribution in [-0.4, -0.2) is 9.55 Å². The molecule has 124 valence electrons. The topological polar surface area (TPSA) is 34.9 Å². The summed E-state index contributed by atoms with van der Waals surface area (Å²) in [4.78, 5) is 18.3. The fraction of sp³-hybridized carbons (Fsp3) is 0.100. The zero-order valence-corrected chi connectivity index (χ0v) is 16.0. The van der Waals surface area contributed by atoms with E-state index in [2.05, 4.69) is 52.1 Å². The number of hydrogen-bond donors (Lipinski definition) is 0. The van der Waals surface area contributed by atoms with Gasteiger partial charge in [-0.1, -0.05) is 57.9 Å². The minimum atomic E-state index is 0.00439. The van der Waals surface area contributed by atoms with Gasteiger partial charge in [0.05, 0.1) is 18.3 Å². The van der Waals surface area contributed by atoms with Crippen molar-refractivity contribution in [1.82, 2.24) is 9.55 Å². The third kappa shape index (κ3) is 3.17. The molecule has 4 aromatic rings. The van der Waals surface area contributed by atoms with Crippen LogP contribution in [0, 0.1) is 6.92 Å². The predicted octanol–water partition coefficient (Wildman–Crippen LogP) is 5.24. The molecule has 0 aliphatic carbocycles. The first-order chi connectivity index (χ1) is 12.1. The quantitative estimate of drug-likeness (QED) is 0.462. The molecule has 0 saturated heterocycles. The maximum atomic E-state index is 13.0. The monoisotopic (exact) mass is 410 g/mol. The highest BCUT2D eigenvalue weighted by molar-refractivity contribution is 9.10. The Morgan fingerprint density at radius 3 is 2.52 bits per heavy atom. The lowest BCUT2D eigenvalue weighted by Crippen LogP contribution is -2.20. The fourth-order valence-electron chi connectivity index (χ4n) is 2.81. The molecule has 0 saturated carbocycles. The molecule has 2 aromatic carbocycles. The van der Waals surface area contributed by atoms with Gasteiger partial charge in [-0.15, -0.1) is 11.3 Å². The molecule has 0 amide bonds. The summed E-state index contributed by atoms with van der Waals surface area (Å²) in [5.74, 6) is 0. The van der Waals surface area contributed by atoms with Gasteiger partial charge in [-0.05, 0) is 30.2 Å². The van der Waals surface area contributed by atoms with Gasteiger partial charge in [0.2, 0.25) is 0 Å².